The number of hydrogen-bond acceptors (Lipinski definition) is 15. The summed E-state index contributed by atoms with van der Waals surface area (Å²) in [6.45, 7) is 10.3. The largest absolute Gasteiger partial charge is 0.460 e. The summed E-state index contributed by atoms with van der Waals surface area (Å²) in [5.74, 6) is -0.722. The van der Waals surface area contributed by atoms with Crippen LogP contribution in [0.5, 0.6) is 0 Å². The Morgan fingerprint density at radius 1 is 0.264 bits per heavy atom. The molecule has 53 heavy (non-hydrogen) atoms. The molecule has 0 fully saturated rings. The molecule has 2 aromatic carbocycles. The van der Waals surface area contributed by atoms with Gasteiger partial charge in [-0.1, -0.05) is 36.4 Å². The molecule has 0 bridgehead atoms. The molecule has 0 aliphatic carbocycles. The van der Waals surface area contributed by atoms with Crippen molar-refractivity contribution in [2.75, 3.05) is 159 Å². The molecule has 0 aliphatic heterocycles. The van der Waals surface area contributed by atoms with Gasteiger partial charge in [0.1, 0.15) is 13.2 Å². The zero-order chi connectivity index (χ0) is 37.5. The second kappa shape index (κ2) is 35.9. The van der Waals surface area contributed by atoms with E-state index in [0.29, 0.717) is 156 Å². The maximum Gasteiger partial charge on any atom is 0.338 e. The minimum Gasteiger partial charge on any atom is -0.460 e. The highest BCUT2D eigenvalue weighted by molar-refractivity contribution is 5.89. The molecule has 2 aromatic rings. The fourth-order valence-electron chi connectivity index (χ4n) is 4.00. The molecule has 0 amide bonds. The van der Waals surface area contributed by atoms with E-state index in [1.54, 1.807) is 48.5 Å². The fraction of sp³-hybridized carbons (Fsp3) is 0.632. The smallest absolute Gasteiger partial charge is 0.338 e. The third-order valence-electron chi connectivity index (χ3n) is 6.66. The summed E-state index contributed by atoms with van der Waals surface area (Å²) in [7, 11) is 0. The minimum atomic E-state index is -0.361. The van der Waals surface area contributed by atoms with Crippen LogP contribution in [-0.4, -0.2) is 171 Å². The van der Waals surface area contributed by atoms with Crippen molar-refractivity contribution in [1.29, 1.82) is 0 Å². The summed E-state index contributed by atoms with van der Waals surface area (Å²) >= 11 is 0. The van der Waals surface area contributed by atoms with Gasteiger partial charge in [0.15, 0.2) is 0 Å². The van der Waals surface area contributed by atoms with Crippen LogP contribution in [0.3, 0.4) is 0 Å². The third-order valence-corrected chi connectivity index (χ3v) is 6.66. The van der Waals surface area contributed by atoms with Crippen LogP contribution in [0, 0.1) is 0 Å². The summed E-state index contributed by atoms with van der Waals surface area (Å²) in [5.41, 5.74) is 1.04. The van der Waals surface area contributed by atoms with E-state index in [1.807, 2.05) is 12.1 Å². The Morgan fingerprint density at radius 2 is 0.434 bits per heavy atom. The second-order valence-electron chi connectivity index (χ2n) is 10.7. The molecule has 0 radical (unpaired) electrons. The first-order valence-electron chi connectivity index (χ1n) is 18.1. The van der Waals surface area contributed by atoms with Gasteiger partial charge < -0.3 is 61.6 Å². The number of rotatable bonds is 38. The van der Waals surface area contributed by atoms with Gasteiger partial charge in [-0.25, -0.2) is 9.59 Å². The van der Waals surface area contributed by atoms with E-state index in [1.165, 1.54) is 0 Å². The Bertz CT molecular complexity index is 1010. The number of ether oxygens (including phenoxy) is 13. The normalized spacial score (nSPS) is 11.2. The Balaban J connectivity index is 1.14. The van der Waals surface area contributed by atoms with Crippen LogP contribution in [-0.2, 0) is 61.6 Å². The molecule has 0 N–H and O–H groups in total. The summed E-state index contributed by atoms with van der Waals surface area (Å²) in [4.78, 5) is 23.6. The van der Waals surface area contributed by atoms with Crippen molar-refractivity contribution in [3.8, 4) is 0 Å². The van der Waals surface area contributed by atoms with Gasteiger partial charge in [0, 0.05) is 0 Å². The van der Waals surface area contributed by atoms with Crippen molar-refractivity contribution < 1.29 is 71.2 Å². The molecular weight excluding hydrogens is 696 g/mol. The van der Waals surface area contributed by atoms with E-state index in [0.717, 1.165) is 0 Å². The molecule has 300 valence electrons. The van der Waals surface area contributed by atoms with Crippen molar-refractivity contribution in [1.82, 2.24) is 0 Å². The number of carbonyl (C=O) groups is 2. The molecule has 15 heteroatoms. The van der Waals surface area contributed by atoms with E-state index in [-0.39, 0.29) is 25.2 Å². The Morgan fingerprint density at radius 3 is 0.623 bits per heavy atom. The highest BCUT2D eigenvalue weighted by Crippen LogP contribution is 2.02. The lowest BCUT2D eigenvalue weighted by Crippen LogP contribution is -2.16. The number of hydrogen-bond donors (Lipinski definition) is 0. The fourth-order valence-corrected chi connectivity index (χ4v) is 4.00. The molecule has 0 saturated heterocycles. The average Bonchev–Trinajstić information content (AvgIpc) is 3.19. The number of esters is 2. The summed E-state index contributed by atoms with van der Waals surface area (Å²) in [6.07, 6.45) is 0. The lowest BCUT2D eigenvalue weighted by atomic mass is 10.2. The van der Waals surface area contributed by atoms with Gasteiger partial charge in [0.2, 0.25) is 0 Å². The Hall–Kier alpha value is -3.06. The number of carbonyl (C=O) groups excluding carboxylic acids is 2. The molecule has 2 rings (SSSR count). The quantitative estimate of drug-likeness (QED) is 0.0729. The molecule has 0 heterocycles. The van der Waals surface area contributed by atoms with Crippen LogP contribution < -0.4 is 0 Å². The van der Waals surface area contributed by atoms with Crippen molar-refractivity contribution in [3.05, 3.63) is 71.8 Å². The van der Waals surface area contributed by atoms with Crippen molar-refractivity contribution in [2.24, 2.45) is 0 Å². The SMILES string of the molecule is O=C(OCCOCCOCCOCCOCCOCCOCCOCCOCCOCCOCCOCCOC(=O)c1ccccc1)c1ccccc1. The lowest BCUT2D eigenvalue weighted by molar-refractivity contribution is -0.0285. The van der Waals surface area contributed by atoms with Gasteiger partial charge in [0.25, 0.3) is 0 Å². The monoisotopic (exact) mass is 754 g/mol. The highest BCUT2D eigenvalue weighted by atomic mass is 16.6. The molecule has 0 saturated carbocycles. The lowest BCUT2D eigenvalue weighted by Gasteiger charge is -2.09. The minimum absolute atomic E-state index is 0.196. The van der Waals surface area contributed by atoms with E-state index in [9.17, 15) is 9.59 Å². The van der Waals surface area contributed by atoms with Gasteiger partial charge in [-0.2, -0.15) is 0 Å². The molecule has 0 unspecified atom stereocenters. The van der Waals surface area contributed by atoms with Crippen LogP contribution in [0.25, 0.3) is 0 Å². The zero-order valence-electron chi connectivity index (χ0n) is 30.9. The molecule has 0 aliphatic rings. The third kappa shape index (κ3) is 29.0. The van der Waals surface area contributed by atoms with Gasteiger partial charge in [-0.15, -0.1) is 0 Å². The maximum atomic E-state index is 11.8. The Labute approximate surface area is 313 Å². The van der Waals surface area contributed by atoms with Crippen LogP contribution in [0.4, 0.5) is 0 Å². The van der Waals surface area contributed by atoms with Gasteiger partial charge in [-0.05, 0) is 24.3 Å². The van der Waals surface area contributed by atoms with Gasteiger partial charge in [-0.3, -0.25) is 0 Å². The van der Waals surface area contributed by atoms with E-state index < -0.39 is 0 Å². The summed E-state index contributed by atoms with van der Waals surface area (Å²) in [6, 6.07) is 17.7. The topological polar surface area (TPSA) is 154 Å². The summed E-state index contributed by atoms with van der Waals surface area (Å²) in [5, 5.41) is 0. The molecule has 0 aromatic heterocycles. The van der Waals surface area contributed by atoms with Crippen molar-refractivity contribution >= 4 is 11.9 Å². The predicted octanol–water partition coefficient (Wildman–Crippen LogP) is 2.88. The van der Waals surface area contributed by atoms with Crippen LogP contribution >= 0.6 is 0 Å². The molecular formula is C38H58O15. The number of benzene rings is 2. The van der Waals surface area contributed by atoms with Crippen LogP contribution in [0.1, 0.15) is 20.7 Å². The second-order valence-corrected chi connectivity index (χ2v) is 10.7. The molecule has 15 nitrogen and oxygen atoms in total. The first kappa shape index (κ1) is 46.1. The van der Waals surface area contributed by atoms with E-state index >= 15 is 0 Å². The standard InChI is InChI=1S/C38H58O15/c39-37(35-7-3-1-4-8-35)52-33-31-50-29-27-48-25-23-46-21-19-44-17-15-42-13-11-41-12-14-43-16-18-45-20-22-47-24-26-49-28-30-51-32-34-53-38(40)36-9-5-2-6-10-36/h1-10H,11-34H2. The van der Waals surface area contributed by atoms with E-state index in [4.69, 9.17) is 61.6 Å². The van der Waals surface area contributed by atoms with Crippen LogP contribution in [0.2, 0.25) is 0 Å². The summed E-state index contributed by atoms with van der Waals surface area (Å²) < 4.78 is 70.3. The molecule has 0 spiro atoms. The van der Waals surface area contributed by atoms with E-state index in [2.05, 4.69) is 0 Å². The zero-order valence-corrected chi connectivity index (χ0v) is 30.9. The highest BCUT2D eigenvalue weighted by Gasteiger charge is 2.06. The Kier molecular flexibility index (Phi) is 31.3. The molecule has 0 atom stereocenters. The average molecular weight is 755 g/mol. The van der Waals surface area contributed by atoms with Crippen LogP contribution in [0.15, 0.2) is 60.7 Å². The maximum absolute atomic E-state index is 11.8. The van der Waals surface area contributed by atoms with Gasteiger partial charge in [0.05, 0.1) is 156 Å². The van der Waals surface area contributed by atoms with Crippen molar-refractivity contribution in [3.63, 3.8) is 0 Å². The first-order chi connectivity index (χ1) is 26.3. The van der Waals surface area contributed by atoms with Crippen molar-refractivity contribution in [2.45, 2.75) is 0 Å². The first-order valence-corrected chi connectivity index (χ1v) is 18.1. The predicted molar refractivity (Wildman–Crippen MR) is 192 cm³/mol. The van der Waals surface area contributed by atoms with Gasteiger partial charge >= 0.3 is 11.9 Å².